The minimum absolute atomic E-state index is 0.0833. The summed E-state index contributed by atoms with van der Waals surface area (Å²) in [6.07, 6.45) is 3.25. The van der Waals surface area contributed by atoms with E-state index in [4.69, 9.17) is 0 Å². The lowest BCUT2D eigenvalue weighted by atomic mass is 10.2. The van der Waals surface area contributed by atoms with E-state index in [1.54, 1.807) is 12.4 Å². The molecule has 3 nitrogen and oxygen atoms in total. The van der Waals surface area contributed by atoms with Crippen molar-refractivity contribution in [2.45, 2.75) is 18.6 Å². The highest BCUT2D eigenvalue weighted by Crippen LogP contribution is 2.21. The second-order valence-corrected chi connectivity index (χ2v) is 2.77. The van der Waals surface area contributed by atoms with Gasteiger partial charge >= 0.3 is 0 Å². The van der Waals surface area contributed by atoms with Crippen LogP contribution in [-0.4, -0.2) is 22.7 Å². The fourth-order valence-corrected chi connectivity index (χ4v) is 1.37. The predicted octanol–water partition coefficient (Wildman–Crippen LogP) is 0.782. The van der Waals surface area contributed by atoms with Crippen LogP contribution in [-0.2, 0) is 0 Å². The van der Waals surface area contributed by atoms with E-state index < -0.39 is 6.17 Å². The van der Waals surface area contributed by atoms with Gasteiger partial charge in [-0.15, -0.1) is 0 Å². The van der Waals surface area contributed by atoms with Gasteiger partial charge in [-0.2, -0.15) is 0 Å². The van der Waals surface area contributed by atoms with Crippen molar-refractivity contribution in [1.29, 1.82) is 0 Å². The molecule has 2 rings (SSSR count). The normalized spacial score (nSPS) is 31.0. The minimum Gasteiger partial charge on any atom is -0.347 e. The predicted molar refractivity (Wildman–Crippen MR) is 38.8 cm³/mol. The van der Waals surface area contributed by atoms with Crippen LogP contribution in [0.15, 0.2) is 12.4 Å². The fraction of sp³-hybridized carbons (Fsp3) is 0.571. The summed E-state index contributed by atoms with van der Waals surface area (Å²) in [5.74, 6) is 0.838. The van der Waals surface area contributed by atoms with Crippen molar-refractivity contribution in [3.8, 4) is 0 Å². The third-order valence-corrected chi connectivity index (χ3v) is 1.93. The van der Waals surface area contributed by atoms with Crippen molar-refractivity contribution < 1.29 is 4.39 Å². The van der Waals surface area contributed by atoms with E-state index in [0.29, 0.717) is 13.0 Å². The van der Waals surface area contributed by atoms with Crippen LogP contribution in [0.5, 0.6) is 0 Å². The third kappa shape index (κ3) is 1.26. The molecule has 1 aliphatic rings. The number of nitrogens with zero attached hydrogens (tertiary/aromatic N) is 1. The van der Waals surface area contributed by atoms with Gasteiger partial charge in [0, 0.05) is 25.4 Å². The molecule has 1 aliphatic heterocycles. The second kappa shape index (κ2) is 2.62. The highest BCUT2D eigenvalue weighted by Gasteiger charge is 2.25. The molecule has 0 spiro atoms. The van der Waals surface area contributed by atoms with Crippen molar-refractivity contribution in [2.24, 2.45) is 0 Å². The van der Waals surface area contributed by atoms with E-state index in [-0.39, 0.29) is 6.04 Å². The monoisotopic (exact) mass is 155 g/mol. The van der Waals surface area contributed by atoms with E-state index in [1.165, 1.54) is 0 Å². The number of alkyl halides is 1. The molecular formula is C7H10FN3. The molecule has 0 aromatic carbocycles. The van der Waals surface area contributed by atoms with Gasteiger partial charge in [0.2, 0.25) is 0 Å². The summed E-state index contributed by atoms with van der Waals surface area (Å²) in [7, 11) is 0. The van der Waals surface area contributed by atoms with Crippen LogP contribution in [0.3, 0.4) is 0 Å². The number of aromatic amines is 1. The highest BCUT2D eigenvalue weighted by atomic mass is 19.1. The van der Waals surface area contributed by atoms with Crippen LogP contribution in [0.2, 0.25) is 0 Å². The van der Waals surface area contributed by atoms with Crippen LogP contribution in [0, 0.1) is 0 Å². The summed E-state index contributed by atoms with van der Waals surface area (Å²) in [5.41, 5.74) is 0. The SMILES string of the molecule is F[C@H]1CN[C@H](c2ncc[nH]2)C1. The van der Waals surface area contributed by atoms with Gasteiger partial charge in [-0.1, -0.05) is 0 Å². The number of aromatic nitrogens is 2. The van der Waals surface area contributed by atoms with Gasteiger partial charge in [-0.05, 0) is 0 Å². The molecular weight excluding hydrogens is 145 g/mol. The number of imidazole rings is 1. The van der Waals surface area contributed by atoms with Crippen LogP contribution in [0.25, 0.3) is 0 Å². The van der Waals surface area contributed by atoms with Crippen LogP contribution < -0.4 is 5.32 Å². The molecule has 4 heteroatoms. The van der Waals surface area contributed by atoms with Gasteiger partial charge in [-0.25, -0.2) is 9.37 Å². The first kappa shape index (κ1) is 6.79. The zero-order valence-electron chi connectivity index (χ0n) is 6.05. The largest absolute Gasteiger partial charge is 0.347 e. The maximum absolute atomic E-state index is 12.7. The van der Waals surface area contributed by atoms with Gasteiger partial charge in [-0.3, -0.25) is 0 Å². The van der Waals surface area contributed by atoms with E-state index in [0.717, 1.165) is 5.82 Å². The average Bonchev–Trinajstić information content (AvgIpc) is 2.55. The maximum atomic E-state index is 12.7. The van der Waals surface area contributed by atoms with Gasteiger partial charge in [0.15, 0.2) is 0 Å². The summed E-state index contributed by atoms with van der Waals surface area (Å²) >= 11 is 0. The van der Waals surface area contributed by atoms with E-state index in [2.05, 4.69) is 15.3 Å². The number of halogens is 1. The molecule has 0 aliphatic carbocycles. The summed E-state index contributed by atoms with van der Waals surface area (Å²) in [6, 6.07) is 0.0833. The topological polar surface area (TPSA) is 40.7 Å². The fourth-order valence-electron chi connectivity index (χ4n) is 1.37. The quantitative estimate of drug-likeness (QED) is 0.629. The summed E-state index contributed by atoms with van der Waals surface area (Å²) in [6.45, 7) is 0.450. The lowest BCUT2D eigenvalue weighted by Gasteiger charge is -2.03. The number of nitrogens with one attached hydrogen (secondary N) is 2. The highest BCUT2D eigenvalue weighted by molar-refractivity contribution is 4.99. The Morgan fingerprint density at radius 2 is 2.55 bits per heavy atom. The van der Waals surface area contributed by atoms with E-state index in [1.807, 2.05) is 0 Å². The van der Waals surface area contributed by atoms with Crippen LogP contribution >= 0.6 is 0 Å². The van der Waals surface area contributed by atoms with Crippen LogP contribution in [0.4, 0.5) is 4.39 Å². The lowest BCUT2D eigenvalue weighted by Crippen LogP contribution is -2.14. The Hall–Kier alpha value is -0.900. The standard InChI is InChI=1S/C7H10FN3/c8-5-3-6(11-4-5)7-9-1-2-10-7/h1-2,5-6,11H,3-4H2,(H,9,10)/t5-,6+/m1/s1. The Morgan fingerprint density at radius 1 is 1.64 bits per heavy atom. The van der Waals surface area contributed by atoms with Crippen molar-refractivity contribution in [3.05, 3.63) is 18.2 Å². The smallest absolute Gasteiger partial charge is 0.123 e. The molecule has 0 radical (unpaired) electrons. The average molecular weight is 155 g/mol. The maximum Gasteiger partial charge on any atom is 0.123 e. The molecule has 1 saturated heterocycles. The molecule has 1 fully saturated rings. The molecule has 11 heavy (non-hydrogen) atoms. The van der Waals surface area contributed by atoms with Crippen molar-refractivity contribution in [2.75, 3.05) is 6.54 Å². The van der Waals surface area contributed by atoms with Gasteiger partial charge < -0.3 is 10.3 Å². The Kier molecular flexibility index (Phi) is 1.62. The Balaban J connectivity index is 2.08. The van der Waals surface area contributed by atoms with Crippen LogP contribution in [0.1, 0.15) is 18.3 Å². The first-order valence-corrected chi connectivity index (χ1v) is 3.73. The number of hydrogen-bond acceptors (Lipinski definition) is 2. The first-order chi connectivity index (χ1) is 5.36. The molecule has 0 bridgehead atoms. The molecule has 1 aromatic rings. The Labute approximate surface area is 64.0 Å². The Morgan fingerprint density at radius 3 is 3.09 bits per heavy atom. The number of H-pyrrole nitrogens is 1. The molecule has 2 N–H and O–H groups in total. The molecule has 0 amide bonds. The molecule has 0 saturated carbocycles. The van der Waals surface area contributed by atoms with E-state index in [9.17, 15) is 4.39 Å². The zero-order chi connectivity index (χ0) is 7.68. The summed E-state index contributed by atoms with van der Waals surface area (Å²) in [4.78, 5) is 7.01. The van der Waals surface area contributed by atoms with Gasteiger partial charge in [0.05, 0.1) is 6.04 Å². The molecule has 2 atom stereocenters. The molecule has 60 valence electrons. The first-order valence-electron chi connectivity index (χ1n) is 3.73. The third-order valence-electron chi connectivity index (χ3n) is 1.93. The molecule has 1 aromatic heterocycles. The number of rotatable bonds is 1. The molecule has 0 unspecified atom stereocenters. The van der Waals surface area contributed by atoms with Gasteiger partial charge in [0.1, 0.15) is 12.0 Å². The second-order valence-electron chi connectivity index (χ2n) is 2.77. The number of hydrogen-bond donors (Lipinski definition) is 2. The summed E-state index contributed by atoms with van der Waals surface area (Å²) in [5, 5.41) is 3.04. The lowest BCUT2D eigenvalue weighted by molar-refractivity contribution is 0.355. The summed E-state index contributed by atoms with van der Waals surface area (Å²) < 4.78 is 12.7. The minimum atomic E-state index is -0.718. The zero-order valence-corrected chi connectivity index (χ0v) is 6.05. The van der Waals surface area contributed by atoms with E-state index >= 15 is 0 Å². The van der Waals surface area contributed by atoms with Crippen molar-refractivity contribution in [1.82, 2.24) is 15.3 Å². The molecule has 2 heterocycles. The van der Waals surface area contributed by atoms with Crippen molar-refractivity contribution >= 4 is 0 Å². The Bertz CT molecular complexity index is 222. The van der Waals surface area contributed by atoms with Crippen molar-refractivity contribution in [3.63, 3.8) is 0 Å². The van der Waals surface area contributed by atoms with Gasteiger partial charge in [0.25, 0.3) is 0 Å².